The molecule has 1 amide bonds. The van der Waals surface area contributed by atoms with Gasteiger partial charge in [-0.3, -0.25) is 4.79 Å². The topological polar surface area (TPSA) is 53.6 Å². The highest BCUT2D eigenvalue weighted by molar-refractivity contribution is 5.94. The molecule has 0 spiro atoms. The molecule has 2 unspecified atom stereocenters. The number of para-hydroxylation sites is 1. The Morgan fingerprint density at radius 1 is 1.35 bits per heavy atom. The second-order valence-corrected chi connectivity index (χ2v) is 5.42. The van der Waals surface area contributed by atoms with Crippen molar-refractivity contribution in [3.05, 3.63) is 29.8 Å². The number of ether oxygens (including phenoxy) is 1. The number of carbonyl (C=O) groups excluding carboxylic acids is 1. The van der Waals surface area contributed by atoms with Crippen LogP contribution < -0.4 is 10.6 Å². The summed E-state index contributed by atoms with van der Waals surface area (Å²) in [4.78, 5) is 14.5. The Morgan fingerprint density at radius 3 is 2.80 bits per heavy atom. The van der Waals surface area contributed by atoms with Crippen molar-refractivity contribution < 1.29 is 9.53 Å². The summed E-state index contributed by atoms with van der Waals surface area (Å²) in [5, 5.41) is 6.17. The monoisotopic (exact) mass is 277 g/mol. The molecule has 0 bridgehead atoms. The maximum atomic E-state index is 12.4. The first-order chi connectivity index (χ1) is 9.61. The maximum absolute atomic E-state index is 12.4. The summed E-state index contributed by atoms with van der Waals surface area (Å²) in [6.45, 7) is 1.87. The Hall–Kier alpha value is -1.43. The molecule has 1 aliphatic rings. The summed E-state index contributed by atoms with van der Waals surface area (Å²) in [5.74, 6) is -0.111. The van der Waals surface area contributed by atoms with Crippen molar-refractivity contribution in [1.29, 1.82) is 0 Å². The molecule has 20 heavy (non-hydrogen) atoms. The van der Waals surface area contributed by atoms with Crippen molar-refractivity contribution in [2.24, 2.45) is 5.92 Å². The van der Waals surface area contributed by atoms with Gasteiger partial charge in [0.2, 0.25) is 5.91 Å². The number of amides is 1. The van der Waals surface area contributed by atoms with Crippen molar-refractivity contribution in [2.75, 3.05) is 39.7 Å². The summed E-state index contributed by atoms with van der Waals surface area (Å²) in [7, 11) is 5.89. The van der Waals surface area contributed by atoms with Gasteiger partial charge in [0.25, 0.3) is 0 Å². The van der Waals surface area contributed by atoms with Crippen LogP contribution in [0.5, 0.6) is 0 Å². The molecule has 1 aromatic carbocycles. The Balaban J connectivity index is 2.07. The zero-order valence-corrected chi connectivity index (χ0v) is 12.3. The molecule has 110 valence electrons. The molecule has 0 radical (unpaired) electrons. The molecule has 0 saturated carbocycles. The highest BCUT2D eigenvalue weighted by Crippen LogP contribution is 2.20. The fourth-order valence-corrected chi connectivity index (χ4v) is 2.44. The van der Waals surface area contributed by atoms with Crippen molar-refractivity contribution in [2.45, 2.75) is 12.6 Å². The van der Waals surface area contributed by atoms with E-state index >= 15 is 0 Å². The molecule has 2 rings (SSSR count). The number of likely N-dealkylation sites (N-methyl/N-ethyl adjacent to an activating group) is 1. The molecular formula is C15H23N3O2. The average Bonchev–Trinajstić information content (AvgIpc) is 2.88. The van der Waals surface area contributed by atoms with Gasteiger partial charge in [0.15, 0.2) is 0 Å². The quantitative estimate of drug-likeness (QED) is 0.840. The van der Waals surface area contributed by atoms with E-state index < -0.39 is 0 Å². The number of nitrogens with one attached hydrogen (secondary N) is 2. The number of carbonyl (C=O) groups is 1. The molecule has 1 saturated heterocycles. The smallest absolute Gasteiger partial charge is 0.231 e. The van der Waals surface area contributed by atoms with Gasteiger partial charge in [-0.2, -0.15) is 0 Å². The van der Waals surface area contributed by atoms with Crippen LogP contribution in [-0.2, 0) is 16.1 Å². The van der Waals surface area contributed by atoms with Gasteiger partial charge < -0.3 is 20.3 Å². The molecular weight excluding hydrogens is 254 g/mol. The van der Waals surface area contributed by atoms with Crippen LogP contribution in [0, 0.1) is 5.92 Å². The van der Waals surface area contributed by atoms with Crippen molar-refractivity contribution in [1.82, 2.24) is 10.2 Å². The molecule has 5 heteroatoms. The van der Waals surface area contributed by atoms with E-state index in [1.165, 1.54) is 0 Å². The van der Waals surface area contributed by atoms with E-state index in [2.05, 4.69) is 15.5 Å². The van der Waals surface area contributed by atoms with Gasteiger partial charge in [-0.1, -0.05) is 18.2 Å². The Labute approximate surface area is 120 Å². The number of anilines is 1. The van der Waals surface area contributed by atoms with E-state index in [0.717, 1.165) is 17.8 Å². The fourth-order valence-electron chi connectivity index (χ4n) is 2.44. The first kappa shape index (κ1) is 15.0. The molecule has 5 nitrogen and oxygen atoms in total. The molecule has 0 aromatic heterocycles. The lowest BCUT2D eigenvalue weighted by Crippen LogP contribution is -2.39. The maximum Gasteiger partial charge on any atom is 0.231 e. The van der Waals surface area contributed by atoms with Crippen LogP contribution >= 0.6 is 0 Å². The van der Waals surface area contributed by atoms with Gasteiger partial charge in [0, 0.05) is 18.3 Å². The number of hydrogen-bond acceptors (Lipinski definition) is 4. The summed E-state index contributed by atoms with van der Waals surface area (Å²) in [6.07, 6.45) is 0. The minimum Gasteiger partial charge on any atom is -0.379 e. The molecule has 1 fully saturated rings. The second kappa shape index (κ2) is 6.83. The highest BCUT2D eigenvalue weighted by atomic mass is 16.5. The predicted octanol–water partition coefficient (Wildman–Crippen LogP) is 0.921. The van der Waals surface area contributed by atoms with Crippen LogP contribution in [0.25, 0.3) is 0 Å². The first-order valence-corrected chi connectivity index (χ1v) is 6.90. The lowest BCUT2D eigenvalue weighted by atomic mass is 10.0. The number of benzene rings is 1. The molecule has 2 N–H and O–H groups in total. The lowest BCUT2D eigenvalue weighted by molar-refractivity contribution is -0.120. The number of rotatable bonds is 5. The van der Waals surface area contributed by atoms with Crippen LogP contribution in [-0.4, -0.2) is 51.2 Å². The third-order valence-electron chi connectivity index (χ3n) is 3.55. The summed E-state index contributed by atoms with van der Waals surface area (Å²) in [6, 6.07) is 8.01. The Bertz CT molecular complexity index is 462. The van der Waals surface area contributed by atoms with Crippen LogP contribution in [0.2, 0.25) is 0 Å². The summed E-state index contributed by atoms with van der Waals surface area (Å²) in [5.41, 5.74) is 2.00. The third kappa shape index (κ3) is 3.56. The molecule has 1 heterocycles. The molecule has 0 aliphatic carbocycles. The minimum absolute atomic E-state index is 0.0213. The van der Waals surface area contributed by atoms with Gasteiger partial charge in [-0.15, -0.1) is 0 Å². The first-order valence-electron chi connectivity index (χ1n) is 6.90. The normalized spacial score (nSPS) is 22.2. The van der Waals surface area contributed by atoms with Crippen molar-refractivity contribution >= 4 is 11.6 Å². The zero-order valence-electron chi connectivity index (χ0n) is 12.3. The van der Waals surface area contributed by atoms with E-state index in [-0.39, 0.29) is 17.9 Å². The van der Waals surface area contributed by atoms with Crippen LogP contribution in [0.4, 0.5) is 5.69 Å². The second-order valence-electron chi connectivity index (χ2n) is 5.42. The predicted molar refractivity (Wildman–Crippen MR) is 79.6 cm³/mol. The average molecular weight is 277 g/mol. The van der Waals surface area contributed by atoms with E-state index in [1.54, 1.807) is 0 Å². The number of hydrogen-bond donors (Lipinski definition) is 2. The van der Waals surface area contributed by atoms with E-state index in [9.17, 15) is 4.79 Å². The van der Waals surface area contributed by atoms with Gasteiger partial charge in [-0.05, 0) is 32.8 Å². The third-order valence-corrected chi connectivity index (χ3v) is 3.55. The van der Waals surface area contributed by atoms with Crippen LogP contribution in [0.15, 0.2) is 24.3 Å². The zero-order chi connectivity index (χ0) is 14.5. The van der Waals surface area contributed by atoms with E-state index in [4.69, 9.17) is 4.74 Å². The Kier molecular flexibility index (Phi) is 5.11. The van der Waals surface area contributed by atoms with Crippen molar-refractivity contribution in [3.8, 4) is 0 Å². The lowest BCUT2D eigenvalue weighted by Gasteiger charge is -2.19. The SMILES string of the molecule is CNC1COCC1C(=O)Nc1ccccc1CN(C)C. The molecule has 1 aliphatic heterocycles. The van der Waals surface area contributed by atoms with E-state index in [0.29, 0.717) is 13.2 Å². The van der Waals surface area contributed by atoms with Gasteiger partial charge in [0.05, 0.1) is 19.1 Å². The van der Waals surface area contributed by atoms with Crippen LogP contribution in [0.3, 0.4) is 0 Å². The van der Waals surface area contributed by atoms with Crippen molar-refractivity contribution in [3.63, 3.8) is 0 Å². The highest BCUT2D eigenvalue weighted by Gasteiger charge is 2.33. The summed E-state index contributed by atoms with van der Waals surface area (Å²) >= 11 is 0. The fraction of sp³-hybridized carbons (Fsp3) is 0.533. The largest absolute Gasteiger partial charge is 0.379 e. The van der Waals surface area contributed by atoms with Gasteiger partial charge in [-0.25, -0.2) is 0 Å². The summed E-state index contributed by atoms with van der Waals surface area (Å²) < 4.78 is 5.38. The van der Waals surface area contributed by atoms with Gasteiger partial charge >= 0.3 is 0 Å². The number of nitrogens with zero attached hydrogens (tertiary/aromatic N) is 1. The molecule has 1 aromatic rings. The van der Waals surface area contributed by atoms with E-state index in [1.807, 2.05) is 45.4 Å². The van der Waals surface area contributed by atoms with Gasteiger partial charge in [0.1, 0.15) is 0 Å². The van der Waals surface area contributed by atoms with Crippen LogP contribution in [0.1, 0.15) is 5.56 Å². The standard InChI is InChI=1S/C15H23N3O2/c1-16-14-10-20-9-12(14)15(19)17-13-7-5-4-6-11(13)8-18(2)3/h4-7,12,14,16H,8-10H2,1-3H3,(H,17,19). The molecule has 2 atom stereocenters. The Morgan fingerprint density at radius 2 is 2.10 bits per heavy atom. The minimum atomic E-state index is -0.132.